The van der Waals surface area contributed by atoms with Crippen LogP contribution < -0.4 is 9.47 Å². The summed E-state index contributed by atoms with van der Waals surface area (Å²) in [5, 5.41) is 11.1. The number of unbranched alkanes of at least 4 members (excludes halogenated alkanes) is 2. The number of ether oxygens (including phenoxy) is 2. The standard InChI is InChI=1S/C25H27NO5/c1-3-5-6-13-26-22(17-9-7-16(4-2)8-10-17)21(24(28)25(26)29)23(27)18-11-12-19-20(14-18)31-15-30-19/h7-12,14,22,27H,3-6,13,15H2,1-2H3/b23-21-. The molecule has 6 heteroatoms. The lowest BCUT2D eigenvalue weighted by Gasteiger charge is -2.25. The topological polar surface area (TPSA) is 76.1 Å². The van der Waals surface area contributed by atoms with E-state index in [9.17, 15) is 14.7 Å². The highest BCUT2D eigenvalue weighted by molar-refractivity contribution is 6.46. The van der Waals surface area contributed by atoms with Crippen molar-refractivity contribution in [3.05, 3.63) is 64.7 Å². The Bertz CT molecular complexity index is 1020. The number of aryl methyl sites for hydroxylation is 1. The molecule has 31 heavy (non-hydrogen) atoms. The molecule has 1 saturated heterocycles. The van der Waals surface area contributed by atoms with E-state index >= 15 is 0 Å². The molecular formula is C25H27NO5. The number of fused-ring (bicyclic) bond motifs is 1. The first-order valence-electron chi connectivity index (χ1n) is 10.8. The fourth-order valence-corrected chi connectivity index (χ4v) is 4.12. The molecule has 1 atom stereocenters. The van der Waals surface area contributed by atoms with E-state index in [1.165, 1.54) is 5.56 Å². The van der Waals surface area contributed by atoms with Crippen LogP contribution in [0.2, 0.25) is 0 Å². The van der Waals surface area contributed by atoms with Crippen LogP contribution in [-0.4, -0.2) is 35.0 Å². The third-order valence-electron chi connectivity index (χ3n) is 5.89. The van der Waals surface area contributed by atoms with Gasteiger partial charge < -0.3 is 19.5 Å². The van der Waals surface area contributed by atoms with Gasteiger partial charge in [-0.1, -0.05) is 51.0 Å². The van der Waals surface area contributed by atoms with Gasteiger partial charge in [-0.3, -0.25) is 9.59 Å². The third-order valence-corrected chi connectivity index (χ3v) is 5.89. The number of carbonyl (C=O) groups is 2. The van der Waals surface area contributed by atoms with Crippen LogP contribution in [0.4, 0.5) is 0 Å². The van der Waals surface area contributed by atoms with Gasteiger partial charge in [0.2, 0.25) is 6.79 Å². The zero-order valence-electron chi connectivity index (χ0n) is 17.9. The fraction of sp³-hybridized carbons (Fsp3) is 0.360. The summed E-state index contributed by atoms with van der Waals surface area (Å²) in [6.07, 6.45) is 3.68. The van der Waals surface area contributed by atoms with Gasteiger partial charge in [0, 0.05) is 12.1 Å². The average Bonchev–Trinajstić information content (AvgIpc) is 3.36. The zero-order valence-corrected chi connectivity index (χ0v) is 17.9. The number of hydrogen-bond donors (Lipinski definition) is 1. The van der Waals surface area contributed by atoms with Crippen LogP contribution in [0, 0.1) is 0 Å². The molecule has 2 aliphatic heterocycles. The Kier molecular flexibility index (Phi) is 5.98. The molecule has 0 aromatic heterocycles. The number of ketones is 1. The molecule has 0 spiro atoms. The molecule has 1 amide bonds. The van der Waals surface area contributed by atoms with E-state index in [0.717, 1.165) is 31.2 Å². The molecule has 0 radical (unpaired) electrons. The molecule has 4 rings (SSSR count). The van der Waals surface area contributed by atoms with Crippen LogP contribution in [0.25, 0.3) is 5.76 Å². The maximum atomic E-state index is 13.0. The van der Waals surface area contributed by atoms with Gasteiger partial charge >= 0.3 is 0 Å². The summed E-state index contributed by atoms with van der Waals surface area (Å²) in [6, 6.07) is 12.3. The number of carbonyl (C=O) groups excluding carboxylic acids is 2. The first kappa shape index (κ1) is 21.0. The van der Waals surface area contributed by atoms with E-state index in [4.69, 9.17) is 9.47 Å². The molecule has 2 aromatic carbocycles. The lowest BCUT2D eigenvalue weighted by Crippen LogP contribution is -2.30. The van der Waals surface area contributed by atoms with Crippen LogP contribution in [0.1, 0.15) is 55.8 Å². The van der Waals surface area contributed by atoms with Gasteiger partial charge in [0.05, 0.1) is 11.6 Å². The minimum absolute atomic E-state index is 0.115. The second-order valence-corrected chi connectivity index (χ2v) is 7.86. The predicted molar refractivity (Wildman–Crippen MR) is 117 cm³/mol. The maximum Gasteiger partial charge on any atom is 0.295 e. The van der Waals surface area contributed by atoms with Crippen LogP contribution in [0.15, 0.2) is 48.0 Å². The number of rotatable bonds is 7. The normalized spacial score (nSPS) is 19.3. The van der Waals surface area contributed by atoms with Crippen molar-refractivity contribution in [2.45, 2.75) is 45.6 Å². The molecule has 2 aliphatic rings. The number of benzene rings is 2. The lowest BCUT2D eigenvalue weighted by molar-refractivity contribution is -0.139. The molecule has 1 N–H and O–H groups in total. The van der Waals surface area contributed by atoms with Gasteiger partial charge in [-0.2, -0.15) is 0 Å². The number of aliphatic hydroxyl groups is 1. The van der Waals surface area contributed by atoms with Gasteiger partial charge in [-0.15, -0.1) is 0 Å². The number of likely N-dealkylation sites (tertiary alicyclic amines) is 1. The van der Waals surface area contributed by atoms with Crippen LogP contribution in [0.3, 0.4) is 0 Å². The fourth-order valence-electron chi connectivity index (χ4n) is 4.12. The molecule has 0 bridgehead atoms. The maximum absolute atomic E-state index is 13.0. The second-order valence-electron chi connectivity index (χ2n) is 7.86. The Balaban J connectivity index is 1.79. The van der Waals surface area contributed by atoms with E-state index in [0.29, 0.717) is 23.6 Å². The molecule has 0 saturated carbocycles. The van der Waals surface area contributed by atoms with Crippen LogP contribution in [0.5, 0.6) is 11.5 Å². The lowest BCUT2D eigenvalue weighted by atomic mass is 9.94. The summed E-state index contributed by atoms with van der Waals surface area (Å²) in [5.41, 5.74) is 2.52. The zero-order chi connectivity index (χ0) is 22.0. The predicted octanol–water partition coefficient (Wildman–Crippen LogP) is 4.59. The number of hydrogen-bond acceptors (Lipinski definition) is 5. The molecule has 1 unspecified atom stereocenters. The van der Waals surface area contributed by atoms with Crippen molar-refractivity contribution < 1.29 is 24.2 Å². The van der Waals surface area contributed by atoms with Crippen LogP contribution in [-0.2, 0) is 16.0 Å². The third kappa shape index (κ3) is 3.90. The highest BCUT2D eigenvalue weighted by Gasteiger charge is 2.45. The van der Waals surface area contributed by atoms with Crippen molar-refractivity contribution in [2.24, 2.45) is 0 Å². The van der Waals surface area contributed by atoms with Crippen molar-refractivity contribution in [2.75, 3.05) is 13.3 Å². The van der Waals surface area contributed by atoms with Gasteiger partial charge in [-0.05, 0) is 42.2 Å². The largest absolute Gasteiger partial charge is 0.507 e. The number of aliphatic hydroxyl groups excluding tert-OH is 1. The Hall–Kier alpha value is -3.28. The Labute approximate surface area is 182 Å². The van der Waals surface area contributed by atoms with E-state index in [2.05, 4.69) is 13.8 Å². The van der Waals surface area contributed by atoms with E-state index in [1.54, 1.807) is 23.1 Å². The summed E-state index contributed by atoms with van der Waals surface area (Å²) in [7, 11) is 0. The van der Waals surface area contributed by atoms with Crippen molar-refractivity contribution >= 4 is 17.4 Å². The molecule has 1 fully saturated rings. The second kappa shape index (κ2) is 8.84. The van der Waals surface area contributed by atoms with Crippen molar-refractivity contribution in [1.82, 2.24) is 4.90 Å². The summed E-state index contributed by atoms with van der Waals surface area (Å²) in [6.45, 7) is 4.75. The summed E-state index contributed by atoms with van der Waals surface area (Å²) in [4.78, 5) is 27.6. The smallest absolute Gasteiger partial charge is 0.295 e. The monoisotopic (exact) mass is 421 g/mol. The number of Topliss-reactive ketones (excluding diaryl/α,β-unsaturated/α-hetero) is 1. The number of amides is 1. The highest BCUT2D eigenvalue weighted by atomic mass is 16.7. The Morgan fingerprint density at radius 1 is 1.03 bits per heavy atom. The summed E-state index contributed by atoms with van der Waals surface area (Å²) >= 11 is 0. The van der Waals surface area contributed by atoms with Gasteiger partial charge in [-0.25, -0.2) is 0 Å². The van der Waals surface area contributed by atoms with E-state index in [-0.39, 0.29) is 18.1 Å². The Morgan fingerprint density at radius 2 is 1.77 bits per heavy atom. The first-order valence-corrected chi connectivity index (χ1v) is 10.8. The van der Waals surface area contributed by atoms with Crippen LogP contribution >= 0.6 is 0 Å². The highest BCUT2D eigenvalue weighted by Crippen LogP contribution is 2.41. The van der Waals surface area contributed by atoms with Gasteiger partial charge in [0.25, 0.3) is 11.7 Å². The number of nitrogens with zero attached hydrogens (tertiary/aromatic N) is 1. The van der Waals surface area contributed by atoms with Crippen molar-refractivity contribution in [3.8, 4) is 11.5 Å². The van der Waals surface area contributed by atoms with E-state index < -0.39 is 17.7 Å². The summed E-state index contributed by atoms with van der Waals surface area (Å²) in [5.74, 6) is -0.327. The van der Waals surface area contributed by atoms with E-state index in [1.807, 2.05) is 24.3 Å². The van der Waals surface area contributed by atoms with Crippen molar-refractivity contribution in [3.63, 3.8) is 0 Å². The molecule has 0 aliphatic carbocycles. The first-order chi connectivity index (χ1) is 15.0. The SMILES string of the molecule is CCCCCN1C(=O)C(=O)/C(=C(\O)c2ccc3c(c2)OCO3)C1c1ccc(CC)cc1. The molecular weight excluding hydrogens is 394 g/mol. The van der Waals surface area contributed by atoms with Crippen molar-refractivity contribution in [1.29, 1.82) is 0 Å². The summed E-state index contributed by atoms with van der Waals surface area (Å²) < 4.78 is 10.7. The van der Waals surface area contributed by atoms with Gasteiger partial charge in [0.15, 0.2) is 11.5 Å². The average molecular weight is 421 g/mol. The molecule has 162 valence electrons. The quantitative estimate of drug-likeness (QED) is 0.306. The Morgan fingerprint density at radius 3 is 2.48 bits per heavy atom. The molecule has 2 aromatic rings. The molecule has 6 nitrogen and oxygen atoms in total. The molecule has 2 heterocycles. The minimum atomic E-state index is -0.656. The minimum Gasteiger partial charge on any atom is -0.507 e. The van der Waals surface area contributed by atoms with Gasteiger partial charge in [0.1, 0.15) is 5.76 Å².